The average molecular weight is 404 g/mol. The van der Waals surface area contributed by atoms with Gasteiger partial charge in [0.15, 0.2) is 12.4 Å². The van der Waals surface area contributed by atoms with Crippen LogP contribution in [0.4, 0.5) is 13.2 Å². The van der Waals surface area contributed by atoms with Crippen molar-refractivity contribution in [3.63, 3.8) is 0 Å². The van der Waals surface area contributed by atoms with Crippen LogP contribution in [0.5, 0.6) is 0 Å². The largest absolute Gasteiger partial charge is 0.455 e. The van der Waals surface area contributed by atoms with Crippen LogP contribution in [0, 0.1) is 0 Å². The Labute approximate surface area is 160 Å². The molecular weight excluding hydrogens is 381 g/mol. The lowest BCUT2D eigenvalue weighted by Gasteiger charge is -2.32. The molecule has 0 aliphatic carbocycles. The number of ether oxygens (including phenoxy) is 4. The number of alkyl halides is 3. The van der Waals surface area contributed by atoms with Crippen molar-refractivity contribution in [3.8, 4) is 0 Å². The number of methoxy groups -OCH3 is 1. The topological polar surface area (TPSA) is 71.1 Å². The van der Waals surface area contributed by atoms with E-state index in [2.05, 4.69) is 4.74 Å². The van der Waals surface area contributed by atoms with E-state index in [0.29, 0.717) is 12.8 Å². The smallest absolute Gasteiger partial charge is 0.432 e. The number of carbonyl (C=O) groups is 2. The summed E-state index contributed by atoms with van der Waals surface area (Å²) in [6.45, 7) is 2.72. The van der Waals surface area contributed by atoms with Crippen LogP contribution in [-0.2, 0) is 34.1 Å². The minimum Gasteiger partial charge on any atom is -0.455 e. The van der Waals surface area contributed by atoms with E-state index in [0.717, 1.165) is 19.2 Å². The van der Waals surface area contributed by atoms with Crippen molar-refractivity contribution in [2.24, 2.45) is 0 Å². The Morgan fingerprint density at radius 3 is 2.25 bits per heavy atom. The molecule has 0 saturated carbocycles. The summed E-state index contributed by atoms with van der Waals surface area (Å²) in [6.07, 6.45) is -5.10. The molecule has 1 aliphatic rings. The van der Waals surface area contributed by atoms with Gasteiger partial charge in [-0.2, -0.15) is 13.2 Å². The van der Waals surface area contributed by atoms with E-state index >= 15 is 0 Å². The normalized spacial score (nSPS) is 21.1. The van der Waals surface area contributed by atoms with Gasteiger partial charge in [0.25, 0.3) is 5.60 Å². The number of benzene rings is 1. The molecule has 0 unspecified atom stereocenters. The first kappa shape index (κ1) is 22.3. The highest BCUT2D eigenvalue weighted by Crippen LogP contribution is 2.43. The van der Waals surface area contributed by atoms with Crippen molar-refractivity contribution in [1.82, 2.24) is 0 Å². The molecular formula is C19H23F3O6. The quantitative estimate of drug-likeness (QED) is 0.620. The van der Waals surface area contributed by atoms with Crippen molar-refractivity contribution in [2.75, 3.05) is 20.3 Å². The monoisotopic (exact) mass is 404 g/mol. The van der Waals surface area contributed by atoms with Crippen LogP contribution in [0.1, 0.15) is 32.3 Å². The molecule has 6 nitrogen and oxygen atoms in total. The lowest BCUT2D eigenvalue weighted by atomic mass is 9.93. The summed E-state index contributed by atoms with van der Waals surface area (Å²) in [7, 11) is 0.758. The van der Waals surface area contributed by atoms with Crippen LogP contribution in [0.2, 0.25) is 0 Å². The fourth-order valence-electron chi connectivity index (χ4n) is 3.05. The van der Waals surface area contributed by atoms with Crippen LogP contribution in [-0.4, -0.2) is 50.1 Å². The number of carbonyl (C=O) groups excluding carboxylic acids is 2. The summed E-state index contributed by atoms with van der Waals surface area (Å²) >= 11 is 0. The van der Waals surface area contributed by atoms with Crippen molar-refractivity contribution < 1.29 is 41.7 Å². The predicted molar refractivity (Wildman–Crippen MR) is 91.3 cm³/mol. The Bertz CT molecular complexity index is 687. The maximum absolute atomic E-state index is 13.8. The zero-order chi connectivity index (χ0) is 21.0. The molecule has 0 bridgehead atoms. The molecule has 2 rings (SSSR count). The summed E-state index contributed by atoms with van der Waals surface area (Å²) in [6, 6.07) is 6.38. The molecule has 0 N–H and O–H groups in total. The lowest BCUT2D eigenvalue weighted by Crippen LogP contribution is -2.52. The molecule has 156 valence electrons. The van der Waals surface area contributed by atoms with Crippen molar-refractivity contribution >= 4 is 11.8 Å². The van der Waals surface area contributed by atoms with Gasteiger partial charge in [-0.3, -0.25) is 4.79 Å². The SMILES string of the molecule is CCC1(CC)OC[C@@H](C(=O)COC(=O)[C@@](OC)(c2ccccc2)C(F)(F)F)O1. The molecule has 0 aromatic heterocycles. The predicted octanol–water partition coefficient (Wildman–Crippen LogP) is 3.13. The van der Waals surface area contributed by atoms with Gasteiger partial charge in [0.2, 0.25) is 5.78 Å². The molecule has 1 fully saturated rings. The summed E-state index contributed by atoms with van der Waals surface area (Å²) in [5, 5.41) is 0. The number of halogens is 3. The summed E-state index contributed by atoms with van der Waals surface area (Å²) in [5.41, 5.74) is -3.78. The van der Waals surface area contributed by atoms with E-state index in [1.54, 1.807) is 0 Å². The third kappa shape index (κ3) is 4.06. The van der Waals surface area contributed by atoms with Crippen molar-refractivity contribution in [3.05, 3.63) is 35.9 Å². The van der Waals surface area contributed by atoms with Gasteiger partial charge in [0.05, 0.1) is 6.61 Å². The van der Waals surface area contributed by atoms with Gasteiger partial charge >= 0.3 is 12.1 Å². The zero-order valence-electron chi connectivity index (χ0n) is 15.9. The second-order valence-electron chi connectivity index (χ2n) is 6.33. The van der Waals surface area contributed by atoms with Crippen LogP contribution >= 0.6 is 0 Å². The second kappa shape index (κ2) is 8.59. The number of Topliss-reactive ketones (excluding diaryl/α,β-unsaturated/α-hetero) is 1. The van der Waals surface area contributed by atoms with Crippen LogP contribution in [0.3, 0.4) is 0 Å². The fraction of sp³-hybridized carbons (Fsp3) is 0.579. The number of esters is 1. The first-order chi connectivity index (χ1) is 13.2. The third-order valence-electron chi connectivity index (χ3n) is 4.81. The summed E-state index contributed by atoms with van der Waals surface area (Å²) < 4.78 is 61.7. The van der Waals surface area contributed by atoms with Crippen molar-refractivity contribution in [2.45, 2.75) is 50.4 Å². The fourth-order valence-corrected chi connectivity index (χ4v) is 3.05. The minimum absolute atomic E-state index is 0.0502. The Balaban J connectivity index is 2.14. The lowest BCUT2D eigenvalue weighted by molar-refractivity contribution is -0.276. The summed E-state index contributed by atoms with van der Waals surface area (Å²) in [5.74, 6) is -3.31. The minimum atomic E-state index is -5.10. The average Bonchev–Trinajstić information content (AvgIpc) is 3.12. The molecule has 28 heavy (non-hydrogen) atoms. The maximum Gasteiger partial charge on any atom is 0.432 e. The van der Waals surface area contributed by atoms with E-state index in [9.17, 15) is 22.8 Å². The molecule has 1 aliphatic heterocycles. The molecule has 1 aromatic rings. The van der Waals surface area contributed by atoms with E-state index < -0.39 is 47.6 Å². The first-order valence-electron chi connectivity index (χ1n) is 8.85. The third-order valence-corrected chi connectivity index (χ3v) is 4.81. The van der Waals surface area contributed by atoms with Gasteiger partial charge in [-0.05, 0) is 12.8 Å². The molecule has 2 atom stereocenters. The number of ketones is 1. The highest BCUT2D eigenvalue weighted by molar-refractivity contribution is 5.89. The van der Waals surface area contributed by atoms with Crippen molar-refractivity contribution in [1.29, 1.82) is 0 Å². The Morgan fingerprint density at radius 1 is 1.18 bits per heavy atom. The highest BCUT2D eigenvalue weighted by atomic mass is 19.4. The van der Waals surface area contributed by atoms with Gasteiger partial charge in [-0.1, -0.05) is 44.2 Å². The zero-order valence-corrected chi connectivity index (χ0v) is 15.9. The number of rotatable bonds is 8. The Hall–Kier alpha value is -1.97. The maximum atomic E-state index is 13.8. The molecule has 0 radical (unpaired) electrons. The molecule has 9 heteroatoms. The second-order valence-corrected chi connectivity index (χ2v) is 6.33. The van der Waals surface area contributed by atoms with Gasteiger partial charge in [0.1, 0.15) is 6.10 Å². The highest BCUT2D eigenvalue weighted by Gasteiger charge is 2.64. The summed E-state index contributed by atoms with van der Waals surface area (Å²) in [4.78, 5) is 24.7. The molecule has 1 heterocycles. The van der Waals surface area contributed by atoms with E-state index in [-0.39, 0.29) is 6.61 Å². The molecule has 1 saturated heterocycles. The van der Waals surface area contributed by atoms with E-state index in [4.69, 9.17) is 14.2 Å². The Kier molecular flexibility index (Phi) is 6.84. The first-order valence-corrected chi connectivity index (χ1v) is 8.85. The molecule has 0 amide bonds. The van der Waals surface area contributed by atoms with Gasteiger partial charge in [0, 0.05) is 12.7 Å². The molecule has 0 spiro atoms. The van der Waals surface area contributed by atoms with E-state index in [1.807, 2.05) is 13.8 Å². The number of hydrogen-bond acceptors (Lipinski definition) is 6. The van der Waals surface area contributed by atoms with Gasteiger partial charge < -0.3 is 18.9 Å². The number of hydrogen-bond donors (Lipinski definition) is 0. The van der Waals surface area contributed by atoms with Crippen LogP contribution < -0.4 is 0 Å². The van der Waals surface area contributed by atoms with Crippen LogP contribution in [0.15, 0.2) is 30.3 Å². The molecule has 1 aromatic carbocycles. The standard InChI is InChI=1S/C19H23F3O6/c1-4-17(5-2)27-12-15(28-17)14(23)11-26-16(24)18(25-3,19(20,21)22)13-9-7-6-8-10-13/h6-10,15H,4-5,11-12H2,1-3H3/t15-,18-/m0/s1. The van der Waals surface area contributed by atoms with E-state index in [1.165, 1.54) is 18.2 Å². The van der Waals surface area contributed by atoms with Crippen LogP contribution in [0.25, 0.3) is 0 Å². The van der Waals surface area contributed by atoms with Gasteiger partial charge in [-0.15, -0.1) is 0 Å². The Morgan fingerprint density at radius 2 is 1.79 bits per heavy atom. The van der Waals surface area contributed by atoms with Gasteiger partial charge in [-0.25, -0.2) is 4.79 Å².